The standard InChI is InChI=1S/C16H19NO3S/c1-11(15-6-5-9-21-15)17(2)16(18)12-7-8-13(19-3)14(10-12)20-4/h5-11H,1-4H3. The zero-order valence-corrected chi connectivity index (χ0v) is 13.4. The van der Waals surface area contributed by atoms with Gasteiger partial charge in [-0.15, -0.1) is 11.3 Å². The van der Waals surface area contributed by atoms with Gasteiger partial charge >= 0.3 is 0 Å². The van der Waals surface area contributed by atoms with Crippen LogP contribution in [-0.4, -0.2) is 32.1 Å². The minimum atomic E-state index is -0.0446. The van der Waals surface area contributed by atoms with Crippen LogP contribution >= 0.6 is 11.3 Å². The van der Waals surface area contributed by atoms with E-state index in [1.807, 2.05) is 31.5 Å². The van der Waals surface area contributed by atoms with Crippen LogP contribution in [0.4, 0.5) is 0 Å². The number of hydrogen-bond donors (Lipinski definition) is 0. The molecule has 1 aromatic heterocycles. The SMILES string of the molecule is COc1ccc(C(=O)N(C)C(C)c2cccs2)cc1OC. The second kappa shape index (κ2) is 6.63. The third-order valence-electron chi connectivity index (χ3n) is 3.49. The highest BCUT2D eigenvalue weighted by Crippen LogP contribution is 2.30. The Balaban J connectivity index is 2.23. The zero-order valence-electron chi connectivity index (χ0n) is 12.6. The Kier molecular flexibility index (Phi) is 4.85. The van der Waals surface area contributed by atoms with E-state index in [-0.39, 0.29) is 11.9 Å². The van der Waals surface area contributed by atoms with Crippen LogP contribution in [0.25, 0.3) is 0 Å². The molecule has 0 aliphatic rings. The van der Waals surface area contributed by atoms with E-state index in [0.29, 0.717) is 17.1 Å². The molecular weight excluding hydrogens is 286 g/mol. The molecule has 21 heavy (non-hydrogen) atoms. The van der Waals surface area contributed by atoms with Crippen LogP contribution in [0.2, 0.25) is 0 Å². The van der Waals surface area contributed by atoms with E-state index in [4.69, 9.17) is 9.47 Å². The molecule has 1 aromatic carbocycles. The van der Waals surface area contributed by atoms with Gasteiger partial charge in [0.05, 0.1) is 20.3 Å². The predicted molar refractivity (Wildman–Crippen MR) is 84.4 cm³/mol. The maximum atomic E-state index is 12.6. The first-order chi connectivity index (χ1) is 10.1. The summed E-state index contributed by atoms with van der Waals surface area (Å²) in [5, 5.41) is 2.01. The first kappa shape index (κ1) is 15.4. The summed E-state index contributed by atoms with van der Waals surface area (Å²) in [5.74, 6) is 1.13. The second-order valence-electron chi connectivity index (χ2n) is 4.68. The molecule has 1 amide bonds. The minimum absolute atomic E-state index is 0.0330. The summed E-state index contributed by atoms with van der Waals surface area (Å²) in [6.07, 6.45) is 0. The molecule has 5 heteroatoms. The number of benzene rings is 1. The average Bonchev–Trinajstić information content (AvgIpc) is 3.06. The Morgan fingerprint density at radius 1 is 1.19 bits per heavy atom. The van der Waals surface area contributed by atoms with Crippen molar-refractivity contribution in [2.75, 3.05) is 21.3 Å². The van der Waals surface area contributed by atoms with Crippen molar-refractivity contribution in [2.24, 2.45) is 0 Å². The predicted octanol–water partition coefficient (Wildman–Crippen LogP) is 3.60. The molecule has 0 N–H and O–H groups in total. The van der Waals surface area contributed by atoms with Crippen molar-refractivity contribution in [3.63, 3.8) is 0 Å². The number of hydrogen-bond acceptors (Lipinski definition) is 4. The van der Waals surface area contributed by atoms with Crippen molar-refractivity contribution < 1.29 is 14.3 Å². The summed E-state index contributed by atoms with van der Waals surface area (Å²) >= 11 is 1.65. The highest BCUT2D eigenvalue weighted by molar-refractivity contribution is 7.10. The molecule has 1 heterocycles. The Morgan fingerprint density at radius 2 is 1.90 bits per heavy atom. The fraction of sp³-hybridized carbons (Fsp3) is 0.312. The highest BCUT2D eigenvalue weighted by atomic mass is 32.1. The van der Waals surface area contributed by atoms with Gasteiger partial charge in [-0.05, 0) is 36.6 Å². The number of amides is 1. The summed E-state index contributed by atoms with van der Waals surface area (Å²) in [4.78, 5) is 15.5. The van der Waals surface area contributed by atoms with Crippen LogP contribution in [-0.2, 0) is 0 Å². The Bertz CT molecular complexity index is 610. The zero-order chi connectivity index (χ0) is 15.4. The lowest BCUT2D eigenvalue weighted by molar-refractivity contribution is 0.0744. The van der Waals surface area contributed by atoms with Crippen LogP contribution in [0.1, 0.15) is 28.2 Å². The van der Waals surface area contributed by atoms with E-state index in [9.17, 15) is 4.79 Å². The van der Waals surface area contributed by atoms with E-state index >= 15 is 0 Å². The van der Waals surface area contributed by atoms with Gasteiger partial charge in [-0.2, -0.15) is 0 Å². The van der Waals surface area contributed by atoms with Crippen LogP contribution in [0.3, 0.4) is 0 Å². The van der Waals surface area contributed by atoms with E-state index in [1.54, 1.807) is 48.7 Å². The van der Waals surface area contributed by atoms with Crippen molar-refractivity contribution in [3.05, 3.63) is 46.2 Å². The number of thiophene rings is 1. The van der Waals surface area contributed by atoms with Crippen molar-refractivity contribution in [1.82, 2.24) is 4.90 Å². The lowest BCUT2D eigenvalue weighted by Crippen LogP contribution is -2.29. The smallest absolute Gasteiger partial charge is 0.254 e. The number of rotatable bonds is 5. The van der Waals surface area contributed by atoms with Crippen LogP contribution < -0.4 is 9.47 Å². The molecule has 0 bridgehead atoms. The first-order valence-electron chi connectivity index (χ1n) is 6.61. The molecular formula is C16H19NO3S. The Hall–Kier alpha value is -2.01. The fourth-order valence-corrected chi connectivity index (χ4v) is 2.90. The molecule has 0 radical (unpaired) electrons. The molecule has 2 rings (SSSR count). The average molecular weight is 305 g/mol. The van der Waals surface area contributed by atoms with Gasteiger partial charge in [0.25, 0.3) is 5.91 Å². The Morgan fingerprint density at radius 3 is 2.48 bits per heavy atom. The molecule has 4 nitrogen and oxygen atoms in total. The molecule has 1 unspecified atom stereocenters. The molecule has 112 valence electrons. The third-order valence-corrected chi connectivity index (χ3v) is 4.53. The monoisotopic (exact) mass is 305 g/mol. The highest BCUT2D eigenvalue weighted by Gasteiger charge is 2.20. The molecule has 0 saturated carbocycles. The lowest BCUT2D eigenvalue weighted by atomic mass is 10.1. The van der Waals surface area contributed by atoms with Gasteiger partial charge in [0, 0.05) is 17.5 Å². The second-order valence-corrected chi connectivity index (χ2v) is 5.66. The van der Waals surface area contributed by atoms with Crippen LogP contribution in [0, 0.1) is 0 Å². The van der Waals surface area contributed by atoms with Gasteiger partial charge < -0.3 is 14.4 Å². The molecule has 0 saturated heterocycles. The Labute approximate surface area is 128 Å². The maximum Gasteiger partial charge on any atom is 0.254 e. The third kappa shape index (κ3) is 3.19. The maximum absolute atomic E-state index is 12.6. The number of ether oxygens (including phenoxy) is 2. The number of methoxy groups -OCH3 is 2. The topological polar surface area (TPSA) is 38.8 Å². The van der Waals surface area contributed by atoms with E-state index < -0.39 is 0 Å². The molecule has 0 spiro atoms. The largest absolute Gasteiger partial charge is 0.493 e. The van der Waals surface area contributed by atoms with Gasteiger partial charge in [-0.1, -0.05) is 6.07 Å². The van der Waals surface area contributed by atoms with Gasteiger partial charge in [0.1, 0.15) is 0 Å². The van der Waals surface area contributed by atoms with Crippen molar-refractivity contribution >= 4 is 17.2 Å². The molecule has 2 aromatic rings. The summed E-state index contributed by atoms with van der Waals surface area (Å²) in [6.45, 7) is 2.02. The van der Waals surface area contributed by atoms with Crippen LogP contribution in [0.15, 0.2) is 35.7 Å². The van der Waals surface area contributed by atoms with E-state index in [1.165, 1.54) is 0 Å². The summed E-state index contributed by atoms with van der Waals surface area (Å²) in [6, 6.07) is 9.26. The summed E-state index contributed by atoms with van der Waals surface area (Å²) in [5.41, 5.74) is 0.582. The lowest BCUT2D eigenvalue weighted by Gasteiger charge is -2.24. The van der Waals surface area contributed by atoms with E-state index in [2.05, 4.69) is 0 Å². The van der Waals surface area contributed by atoms with Gasteiger partial charge in [-0.3, -0.25) is 4.79 Å². The number of nitrogens with zero attached hydrogens (tertiary/aromatic N) is 1. The van der Waals surface area contributed by atoms with Crippen molar-refractivity contribution in [1.29, 1.82) is 0 Å². The first-order valence-corrected chi connectivity index (χ1v) is 7.49. The number of carbonyl (C=O) groups is 1. The fourth-order valence-electron chi connectivity index (χ4n) is 2.07. The molecule has 1 atom stereocenters. The molecule has 0 aliphatic carbocycles. The van der Waals surface area contributed by atoms with E-state index in [0.717, 1.165) is 4.88 Å². The normalized spacial score (nSPS) is 11.8. The van der Waals surface area contributed by atoms with Crippen LogP contribution in [0.5, 0.6) is 11.5 Å². The minimum Gasteiger partial charge on any atom is -0.493 e. The van der Waals surface area contributed by atoms with Crippen molar-refractivity contribution in [2.45, 2.75) is 13.0 Å². The number of carbonyl (C=O) groups excluding carboxylic acids is 1. The van der Waals surface area contributed by atoms with Gasteiger partial charge in [0.2, 0.25) is 0 Å². The summed E-state index contributed by atoms with van der Waals surface area (Å²) in [7, 11) is 4.94. The van der Waals surface area contributed by atoms with Gasteiger partial charge in [-0.25, -0.2) is 0 Å². The molecule has 0 aliphatic heterocycles. The molecule has 0 fully saturated rings. The summed E-state index contributed by atoms with van der Waals surface area (Å²) < 4.78 is 10.4. The van der Waals surface area contributed by atoms with Gasteiger partial charge in [0.15, 0.2) is 11.5 Å². The van der Waals surface area contributed by atoms with Crippen molar-refractivity contribution in [3.8, 4) is 11.5 Å². The quantitative estimate of drug-likeness (QED) is 0.847.